The van der Waals surface area contributed by atoms with Gasteiger partial charge < -0.3 is 9.73 Å². The van der Waals surface area contributed by atoms with E-state index in [2.05, 4.69) is 15.5 Å². The standard InChI is InChI=1S/C14H19FN4O/c1-4-19(12-7-5-6-11(15)8-12)14-18-17-13(20-14)9-16-10(2)3/h5-8,10,16H,4,9H2,1-3H3. The maximum Gasteiger partial charge on any atom is 0.322 e. The first-order valence-electron chi connectivity index (χ1n) is 6.69. The van der Waals surface area contributed by atoms with Crippen molar-refractivity contribution in [2.45, 2.75) is 33.4 Å². The van der Waals surface area contributed by atoms with Gasteiger partial charge in [-0.1, -0.05) is 25.0 Å². The third kappa shape index (κ3) is 3.54. The minimum absolute atomic E-state index is 0.290. The van der Waals surface area contributed by atoms with Gasteiger partial charge in [0.25, 0.3) is 0 Å². The fourth-order valence-electron chi connectivity index (χ4n) is 1.79. The number of anilines is 2. The Morgan fingerprint density at radius 3 is 2.80 bits per heavy atom. The van der Waals surface area contributed by atoms with Gasteiger partial charge in [0.15, 0.2) is 0 Å². The highest BCUT2D eigenvalue weighted by molar-refractivity contribution is 5.55. The Balaban J connectivity index is 2.16. The van der Waals surface area contributed by atoms with Crippen LogP contribution in [0.1, 0.15) is 26.7 Å². The van der Waals surface area contributed by atoms with Crippen molar-refractivity contribution in [3.63, 3.8) is 0 Å². The Morgan fingerprint density at radius 1 is 1.35 bits per heavy atom. The minimum Gasteiger partial charge on any atom is -0.406 e. The molecule has 0 aliphatic carbocycles. The molecule has 0 amide bonds. The van der Waals surface area contributed by atoms with Gasteiger partial charge in [0.05, 0.1) is 6.54 Å². The van der Waals surface area contributed by atoms with E-state index in [1.165, 1.54) is 12.1 Å². The molecule has 1 heterocycles. The first-order chi connectivity index (χ1) is 9.60. The van der Waals surface area contributed by atoms with E-state index in [-0.39, 0.29) is 5.82 Å². The molecule has 0 fully saturated rings. The lowest BCUT2D eigenvalue weighted by Crippen LogP contribution is -2.22. The molecule has 5 nitrogen and oxygen atoms in total. The lowest BCUT2D eigenvalue weighted by Gasteiger charge is -2.17. The first kappa shape index (κ1) is 14.5. The van der Waals surface area contributed by atoms with Crippen molar-refractivity contribution in [3.05, 3.63) is 36.0 Å². The normalized spacial score (nSPS) is 11.1. The van der Waals surface area contributed by atoms with Crippen LogP contribution in [-0.2, 0) is 6.54 Å². The van der Waals surface area contributed by atoms with Crippen LogP contribution in [0.25, 0.3) is 0 Å². The summed E-state index contributed by atoms with van der Waals surface area (Å²) in [7, 11) is 0. The SMILES string of the molecule is CCN(c1cccc(F)c1)c1nnc(CNC(C)C)o1. The Bertz CT molecular complexity index is 556. The average molecular weight is 278 g/mol. The van der Waals surface area contributed by atoms with Crippen LogP contribution in [0.15, 0.2) is 28.7 Å². The highest BCUT2D eigenvalue weighted by Crippen LogP contribution is 2.24. The molecular formula is C14H19FN4O. The van der Waals surface area contributed by atoms with E-state index in [9.17, 15) is 4.39 Å². The van der Waals surface area contributed by atoms with Gasteiger partial charge in [-0.15, -0.1) is 5.10 Å². The fourth-order valence-corrected chi connectivity index (χ4v) is 1.79. The Kier molecular flexibility index (Phi) is 4.68. The zero-order valence-electron chi connectivity index (χ0n) is 11.9. The molecule has 0 aliphatic heterocycles. The van der Waals surface area contributed by atoms with Crippen LogP contribution in [0.5, 0.6) is 0 Å². The summed E-state index contributed by atoms with van der Waals surface area (Å²) < 4.78 is 18.9. The second-order valence-electron chi connectivity index (χ2n) is 4.74. The van der Waals surface area contributed by atoms with E-state index in [1.54, 1.807) is 11.0 Å². The zero-order valence-corrected chi connectivity index (χ0v) is 11.9. The summed E-state index contributed by atoms with van der Waals surface area (Å²) in [6.45, 7) is 7.17. The van der Waals surface area contributed by atoms with Crippen molar-refractivity contribution in [3.8, 4) is 0 Å². The number of benzene rings is 1. The largest absolute Gasteiger partial charge is 0.406 e. The number of nitrogens with one attached hydrogen (secondary N) is 1. The summed E-state index contributed by atoms with van der Waals surface area (Å²) in [5, 5.41) is 11.2. The van der Waals surface area contributed by atoms with Gasteiger partial charge in [-0.3, -0.25) is 4.90 Å². The molecule has 0 saturated carbocycles. The van der Waals surface area contributed by atoms with Crippen LogP contribution in [-0.4, -0.2) is 22.8 Å². The van der Waals surface area contributed by atoms with Gasteiger partial charge in [-0.2, -0.15) is 0 Å². The van der Waals surface area contributed by atoms with Crippen molar-refractivity contribution in [2.24, 2.45) is 0 Å². The maximum absolute atomic E-state index is 13.3. The summed E-state index contributed by atoms with van der Waals surface area (Å²) >= 11 is 0. The average Bonchev–Trinajstić information content (AvgIpc) is 2.86. The molecule has 0 unspecified atom stereocenters. The summed E-state index contributed by atoms with van der Waals surface area (Å²) in [6, 6.07) is 7.03. The molecule has 6 heteroatoms. The zero-order chi connectivity index (χ0) is 14.5. The predicted octanol–water partition coefficient (Wildman–Crippen LogP) is 2.86. The summed E-state index contributed by atoms with van der Waals surface area (Å²) in [5.41, 5.74) is 0.694. The molecule has 108 valence electrons. The van der Waals surface area contributed by atoms with Gasteiger partial charge in [-0.25, -0.2) is 4.39 Å². The van der Waals surface area contributed by atoms with E-state index in [1.807, 2.05) is 26.8 Å². The molecule has 2 rings (SSSR count). The lowest BCUT2D eigenvalue weighted by molar-refractivity contribution is 0.453. The second-order valence-corrected chi connectivity index (χ2v) is 4.74. The van der Waals surface area contributed by atoms with Crippen molar-refractivity contribution in [1.29, 1.82) is 0 Å². The smallest absolute Gasteiger partial charge is 0.322 e. The molecule has 20 heavy (non-hydrogen) atoms. The van der Waals surface area contributed by atoms with E-state index >= 15 is 0 Å². The number of aromatic nitrogens is 2. The number of rotatable bonds is 6. The molecule has 0 saturated heterocycles. The monoisotopic (exact) mass is 278 g/mol. The number of hydrogen-bond donors (Lipinski definition) is 1. The molecule has 2 aromatic rings. The molecule has 0 atom stereocenters. The molecular weight excluding hydrogens is 259 g/mol. The van der Waals surface area contributed by atoms with Crippen LogP contribution in [0.4, 0.5) is 16.1 Å². The minimum atomic E-state index is -0.290. The van der Waals surface area contributed by atoms with Crippen molar-refractivity contribution in [1.82, 2.24) is 15.5 Å². The van der Waals surface area contributed by atoms with Crippen LogP contribution >= 0.6 is 0 Å². The van der Waals surface area contributed by atoms with Crippen LogP contribution < -0.4 is 10.2 Å². The van der Waals surface area contributed by atoms with Gasteiger partial charge in [0.2, 0.25) is 5.89 Å². The maximum atomic E-state index is 13.3. The van der Waals surface area contributed by atoms with Gasteiger partial charge in [-0.05, 0) is 25.1 Å². The van der Waals surface area contributed by atoms with E-state index in [4.69, 9.17) is 4.42 Å². The van der Waals surface area contributed by atoms with Gasteiger partial charge in [0.1, 0.15) is 5.82 Å². The molecule has 0 radical (unpaired) electrons. The van der Waals surface area contributed by atoms with Crippen molar-refractivity contribution in [2.75, 3.05) is 11.4 Å². The second kappa shape index (κ2) is 6.47. The summed E-state index contributed by atoms with van der Waals surface area (Å²) in [4.78, 5) is 1.77. The first-order valence-corrected chi connectivity index (χ1v) is 6.69. The predicted molar refractivity (Wildman–Crippen MR) is 75.4 cm³/mol. The van der Waals surface area contributed by atoms with Gasteiger partial charge >= 0.3 is 6.01 Å². The lowest BCUT2D eigenvalue weighted by atomic mass is 10.3. The molecule has 1 N–H and O–H groups in total. The van der Waals surface area contributed by atoms with Crippen LogP contribution in [0, 0.1) is 5.82 Å². The third-order valence-corrected chi connectivity index (χ3v) is 2.78. The van der Waals surface area contributed by atoms with E-state index in [0.29, 0.717) is 36.7 Å². The Labute approximate surface area is 117 Å². The quantitative estimate of drug-likeness (QED) is 0.880. The molecule has 1 aromatic heterocycles. The molecule has 0 bridgehead atoms. The summed E-state index contributed by atoms with van der Waals surface area (Å²) in [5.74, 6) is 0.228. The van der Waals surface area contributed by atoms with Gasteiger partial charge in [0, 0.05) is 18.3 Å². The van der Waals surface area contributed by atoms with Crippen LogP contribution in [0.2, 0.25) is 0 Å². The Morgan fingerprint density at radius 2 is 2.15 bits per heavy atom. The Hall–Kier alpha value is -1.95. The van der Waals surface area contributed by atoms with Crippen molar-refractivity contribution < 1.29 is 8.81 Å². The summed E-state index contributed by atoms with van der Waals surface area (Å²) in [6.07, 6.45) is 0. The van der Waals surface area contributed by atoms with E-state index in [0.717, 1.165) is 0 Å². The molecule has 0 spiro atoms. The highest BCUT2D eigenvalue weighted by atomic mass is 19.1. The topological polar surface area (TPSA) is 54.2 Å². The van der Waals surface area contributed by atoms with Crippen LogP contribution in [0.3, 0.4) is 0 Å². The number of nitrogens with zero attached hydrogens (tertiary/aromatic N) is 3. The highest BCUT2D eigenvalue weighted by Gasteiger charge is 2.15. The van der Waals surface area contributed by atoms with Crippen molar-refractivity contribution >= 4 is 11.7 Å². The fraction of sp³-hybridized carbons (Fsp3) is 0.429. The number of halogens is 1. The third-order valence-electron chi connectivity index (χ3n) is 2.78. The number of hydrogen-bond acceptors (Lipinski definition) is 5. The molecule has 1 aromatic carbocycles. The molecule has 0 aliphatic rings. The van der Waals surface area contributed by atoms with E-state index < -0.39 is 0 Å².